The Labute approximate surface area is 160 Å². The standard InChI is InChI=1S/C19H17ClN2O3S/c1-12-3-8-17(24-2)15(9-12)16-11-26-19(21-16)22-18(23)10-25-14-6-4-13(20)5-7-14/h3-9,11H,10H2,1-2H3,(H,21,22,23). The third-order valence-corrected chi connectivity index (χ3v) is 4.57. The number of ether oxygens (including phenoxy) is 2. The predicted octanol–water partition coefficient (Wildman–Crippen LogP) is 4.80. The first-order valence-corrected chi connectivity index (χ1v) is 9.09. The fraction of sp³-hybridized carbons (Fsp3) is 0.158. The molecule has 3 aromatic rings. The SMILES string of the molecule is COc1ccc(C)cc1-c1csc(NC(=O)COc2ccc(Cl)cc2)n1. The zero-order valence-electron chi connectivity index (χ0n) is 14.3. The average molecular weight is 389 g/mol. The number of hydrogen-bond acceptors (Lipinski definition) is 5. The van der Waals surface area contributed by atoms with Gasteiger partial charge in [-0.05, 0) is 43.3 Å². The van der Waals surface area contributed by atoms with Gasteiger partial charge in [-0.3, -0.25) is 10.1 Å². The molecular formula is C19H17ClN2O3S. The molecule has 0 saturated carbocycles. The molecule has 0 unspecified atom stereocenters. The second-order valence-electron chi connectivity index (χ2n) is 5.53. The van der Waals surface area contributed by atoms with Crippen molar-refractivity contribution in [3.63, 3.8) is 0 Å². The minimum Gasteiger partial charge on any atom is -0.496 e. The molecule has 0 spiro atoms. The summed E-state index contributed by atoms with van der Waals surface area (Å²) in [5.74, 6) is 1.04. The number of rotatable bonds is 6. The summed E-state index contributed by atoms with van der Waals surface area (Å²) in [4.78, 5) is 16.5. The van der Waals surface area contributed by atoms with Crippen molar-refractivity contribution in [1.82, 2.24) is 4.98 Å². The van der Waals surface area contributed by atoms with E-state index in [1.54, 1.807) is 31.4 Å². The topological polar surface area (TPSA) is 60.5 Å². The van der Waals surface area contributed by atoms with Gasteiger partial charge in [0.2, 0.25) is 0 Å². The number of aromatic nitrogens is 1. The average Bonchev–Trinajstić information content (AvgIpc) is 3.09. The molecule has 1 heterocycles. The van der Waals surface area contributed by atoms with E-state index in [9.17, 15) is 4.79 Å². The first-order chi connectivity index (χ1) is 12.5. The van der Waals surface area contributed by atoms with Crippen molar-refractivity contribution in [2.75, 3.05) is 19.0 Å². The van der Waals surface area contributed by atoms with Gasteiger partial charge in [0.1, 0.15) is 11.5 Å². The fourth-order valence-corrected chi connectivity index (χ4v) is 3.16. The molecule has 5 nitrogen and oxygen atoms in total. The number of hydrogen-bond donors (Lipinski definition) is 1. The maximum Gasteiger partial charge on any atom is 0.264 e. The molecule has 0 atom stereocenters. The number of carbonyl (C=O) groups excluding carboxylic acids is 1. The number of methoxy groups -OCH3 is 1. The summed E-state index contributed by atoms with van der Waals surface area (Å²) in [5, 5.41) is 5.75. The summed E-state index contributed by atoms with van der Waals surface area (Å²) in [6.45, 7) is 1.90. The van der Waals surface area contributed by atoms with E-state index in [0.29, 0.717) is 15.9 Å². The van der Waals surface area contributed by atoms with Crippen LogP contribution < -0.4 is 14.8 Å². The largest absolute Gasteiger partial charge is 0.496 e. The van der Waals surface area contributed by atoms with E-state index in [-0.39, 0.29) is 12.5 Å². The summed E-state index contributed by atoms with van der Waals surface area (Å²) >= 11 is 7.16. The molecule has 0 radical (unpaired) electrons. The van der Waals surface area contributed by atoms with Crippen LogP contribution in [0.15, 0.2) is 47.8 Å². The summed E-state index contributed by atoms with van der Waals surface area (Å²) in [6, 6.07) is 12.7. The monoisotopic (exact) mass is 388 g/mol. The Hall–Kier alpha value is -2.57. The van der Waals surface area contributed by atoms with Crippen LogP contribution in [0.2, 0.25) is 5.02 Å². The van der Waals surface area contributed by atoms with Gasteiger partial charge < -0.3 is 9.47 Å². The van der Waals surface area contributed by atoms with E-state index in [0.717, 1.165) is 22.6 Å². The first kappa shape index (κ1) is 18.2. The Morgan fingerprint density at radius 2 is 2.00 bits per heavy atom. The molecule has 0 aliphatic rings. The van der Waals surface area contributed by atoms with Gasteiger partial charge in [0.25, 0.3) is 5.91 Å². The summed E-state index contributed by atoms with van der Waals surface area (Å²) < 4.78 is 10.8. The molecule has 134 valence electrons. The van der Waals surface area contributed by atoms with Crippen molar-refractivity contribution in [2.24, 2.45) is 0 Å². The predicted molar refractivity (Wildman–Crippen MR) is 104 cm³/mol. The lowest BCUT2D eigenvalue weighted by Crippen LogP contribution is -2.20. The van der Waals surface area contributed by atoms with Gasteiger partial charge in [-0.2, -0.15) is 0 Å². The lowest BCUT2D eigenvalue weighted by Gasteiger charge is -2.07. The molecule has 0 aliphatic carbocycles. The number of anilines is 1. The van der Waals surface area contributed by atoms with E-state index in [2.05, 4.69) is 10.3 Å². The highest BCUT2D eigenvalue weighted by Gasteiger charge is 2.12. The fourth-order valence-electron chi connectivity index (χ4n) is 2.31. The molecule has 1 N–H and O–H groups in total. The van der Waals surface area contributed by atoms with Crippen LogP contribution in [0.1, 0.15) is 5.56 Å². The van der Waals surface area contributed by atoms with Gasteiger partial charge in [0.05, 0.1) is 12.8 Å². The third-order valence-electron chi connectivity index (χ3n) is 3.57. The van der Waals surface area contributed by atoms with Crippen LogP contribution in [-0.2, 0) is 4.79 Å². The van der Waals surface area contributed by atoms with Crippen LogP contribution in [0.25, 0.3) is 11.3 Å². The van der Waals surface area contributed by atoms with Gasteiger partial charge >= 0.3 is 0 Å². The minimum atomic E-state index is -0.281. The maximum atomic E-state index is 12.1. The van der Waals surface area contributed by atoms with Crippen molar-refractivity contribution < 1.29 is 14.3 Å². The second kappa shape index (κ2) is 8.21. The van der Waals surface area contributed by atoms with Gasteiger partial charge in [-0.15, -0.1) is 11.3 Å². The number of amides is 1. The molecular weight excluding hydrogens is 372 g/mol. The van der Waals surface area contributed by atoms with Gasteiger partial charge in [0.15, 0.2) is 11.7 Å². The minimum absolute atomic E-state index is 0.107. The van der Waals surface area contributed by atoms with Crippen LogP contribution in [0.4, 0.5) is 5.13 Å². The highest BCUT2D eigenvalue weighted by atomic mass is 35.5. The van der Waals surface area contributed by atoms with Crippen molar-refractivity contribution in [2.45, 2.75) is 6.92 Å². The van der Waals surface area contributed by atoms with Crippen LogP contribution in [0, 0.1) is 6.92 Å². The lowest BCUT2D eigenvalue weighted by molar-refractivity contribution is -0.118. The Bertz CT molecular complexity index is 909. The first-order valence-electron chi connectivity index (χ1n) is 7.84. The Kier molecular flexibility index (Phi) is 5.75. The third kappa shape index (κ3) is 4.53. The van der Waals surface area contributed by atoms with Crippen LogP contribution in [0.3, 0.4) is 0 Å². The Morgan fingerprint density at radius 3 is 2.73 bits per heavy atom. The van der Waals surface area contributed by atoms with Crippen molar-refractivity contribution in [3.05, 3.63) is 58.4 Å². The molecule has 2 aromatic carbocycles. The number of aryl methyl sites for hydroxylation is 1. The lowest BCUT2D eigenvalue weighted by atomic mass is 10.1. The molecule has 0 aliphatic heterocycles. The zero-order chi connectivity index (χ0) is 18.5. The molecule has 0 fully saturated rings. The summed E-state index contributed by atoms with van der Waals surface area (Å²) in [7, 11) is 1.62. The van der Waals surface area contributed by atoms with Crippen molar-refractivity contribution in [1.29, 1.82) is 0 Å². The Morgan fingerprint density at radius 1 is 1.23 bits per heavy atom. The normalized spacial score (nSPS) is 10.4. The van der Waals surface area contributed by atoms with Crippen molar-refractivity contribution in [3.8, 4) is 22.8 Å². The van der Waals surface area contributed by atoms with E-state index in [1.165, 1.54) is 11.3 Å². The Balaban J connectivity index is 1.64. The second-order valence-corrected chi connectivity index (χ2v) is 6.83. The molecule has 26 heavy (non-hydrogen) atoms. The smallest absolute Gasteiger partial charge is 0.264 e. The number of thiazole rings is 1. The zero-order valence-corrected chi connectivity index (χ0v) is 15.9. The van der Waals surface area contributed by atoms with Crippen LogP contribution in [0.5, 0.6) is 11.5 Å². The van der Waals surface area contributed by atoms with Gasteiger partial charge in [0, 0.05) is 16.0 Å². The number of halogens is 1. The molecule has 1 amide bonds. The molecule has 0 saturated heterocycles. The van der Waals surface area contributed by atoms with Crippen LogP contribution in [-0.4, -0.2) is 24.6 Å². The summed E-state index contributed by atoms with van der Waals surface area (Å²) in [5.41, 5.74) is 2.75. The van der Waals surface area contributed by atoms with Gasteiger partial charge in [-0.25, -0.2) is 4.98 Å². The van der Waals surface area contributed by atoms with E-state index in [1.807, 2.05) is 30.5 Å². The highest BCUT2D eigenvalue weighted by molar-refractivity contribution is 7.14. The number of benzene rings is 2. The van der Waals surface area contributed by atoms with Gasteiger partial charge in [-0.1, -0.05) is 23.2 Å². The molecule has 3 rings (SSSR count). The van der Waals surface area contributed by atoms with E-state index >= 15 is 0 Å². The molecule has 0 bridgehead atoms. The van der Waals surface area contributed by atoms with E-state index < -0.39 is 0 Å². The summed E-state index contributed by atoms with van der Waals surface area (Å²) in [6.07, 6.45) is 0. The number of nitrogens with zero attached hydrogens (tertiary/aromatic N) is 1. The molecule has 7 heteroatoms. The van der Waals surface area contributed by atoms with Crippen molar-refractivity contribution >= 4 is 34.0 Å². The highest BCUT2D eigenvalue weighted by Crippen LogP contribution is 2.32. The maximum absolute atomic E-state index is 12.1. The quantitative estimate of drug-likeness (QED) is 0.659. The number of nitrogens with one attached hydrogen (secondary N) is 1. The van der Waals surface area contributed by atoms with E-state index in [4.69, 9.17) is 21.1 Å². The van der Waals surface area contributed by atoms with Crippen LogP contribution >= 0.6 is 22.9 Å². The molecule has 1 aromatic heterocycles. The number of carbonyl (C=O) groups is 1.